The number of cyclic esters (lactones) is 1. The van der Waals surface area contributed by atoms with Gasteiger partial charge in [0.05, 0.1) is 17.5 Å². The van der Waals surface area contributed by atoms with Crippen LogP contribution in [0.2, 0.25) is 23.2 Å². The Labute approximate surface area is 298 Å². The highest BCUT2D eigenvalue weighted by atomic mass is 35.5. The van der Waals surface area contributed by atoms with Gasteiger partial charge in [-0.25, -0.2) is 4.79 Å². The predicted molar refractivity (Wildman–Crippen MR) is 194 cm³/mol. The van der Waals surface area contributed by atoms with Gasteiger partial charge in [0.1, 0.15) is 23.9 Å². The number of esters is 1. The number of aliphatic hydroxyl groups is 1. The fourth-order valence-electron chi connectivity index (χ4n) is 5.67. The first-order chi connectivity index (χ1) is 22.9. The van der Waals surface area contributed by atoms with Crippen LogP contribution in [0, 0.1) is 16.7 Å². The van der Waals surface area contributed by atoms with Crippen molar-refractivity contribution < 1.29 is 38.2 Å². The first-order valence-electron chi connectivity index (χ1n) is 17.3. The van der Waals surface area contributed by atoms with Crippen molar-refractivity contribution in [1.82, 2.24) is 16.0 Å². The zero-order valence-electron chi connectivity index (χ0n) is 30.7. The first-order valence-corrected chi connectivity index (χ1v) is 20.2. The second-order valence-electron chi connectivity index (χ2n) is 14.6. The number of aliphatic hydroxyl groups excluding tert-OH is 1. The van der Waals surface area contributed by atoms with Crippen molar-refractivity contribution in [3.8, 4) is 5.75 Å². The molecule has 4 unspecified atom stereocenters. The number of amides is 3. The zero-order chi connectivity index (χ0) is 37.0. The molecule has 0 aromatic heterocycles. The van der Waals surface area contributed by atoms with E-state index >= 15 is 0 Å². The molecule has 1 aliphatic rings. The topological polar surface area (TPSA) is 152 Å². The van der Waals surface area contributed by atoms with E-state index < -0.39 is 61.5 Å². The summed E-state index contributed by atoms with van der Waals surface area (Å²) in [6.07, 6.45) is 2.58. The van der Waals surface area contributed by atoms with E-state index in [0.29, 0.717) is 16.3 Å². The summed E-state index contributed by atoms with van der Waals surface area (Å²) in [5.74, 6) is -2.11. The molecule has 49 heavy (non-hydrogen) atoms. The molecule has 1 aliphatic heterocycles. The third-order valence-electron chi connectivity index (χ3n) is 9.35. The van der Waals surface area contributed by atoms with Gasteiger partial charge in [0.2, 0.25) is 17.7 Å². The van der Waals surface area contributed by atoms with Crippen molar-refractivity contribution in [2.45, 2.75) is 111 Å². The minimum Gasteiger partial charge on any atom is -0.495 e. The van der Waals surface area contributed by atoms with Gasteiger partial charge in [-0.15, -0.1) is 0 Å². The van der Waals surface area contributed by atoms with Crippen LogP contribution in [-0.2, 0) is 34.8 Å². The summed E-state index contributed by atoms with van der Waals surface area (Å²) < 4.78 is 17.8. The van der Waals surface area contributed by atoms with Gasteiger partial charge in [-0.1, -0.05) is 72.2 Å². The van der Waals surface area contributed by atoms with E-state index in [1.807, 2.05) is 20.8 Å². The van der Waals surface area contributed by atoms with Crippen LogP contribution in [0.15, 0.2) is 30.4 Å². The number of carbonyl (C=O) groups is 4. The molecule has 0 aliphatic carbocycles. The second-order valence-corrected chi connectivity index (χ2v) is 19.8. The Bertz CT molecular complexity index is 1310. The summed E-state index contributed by atoms with van der Waals surface area (Å²) >= 11 is 6.36. The smallest absolute Gasteiger partial charge is 0.328 e. The Morgan fingerprint density at radius 3 is 2.29 bits per heavy atom. The molecular formula is C36H58ClN3O8Si. The Morgan fingerprint density at radius 1 is 1.08 bits per heavy atom. The number of hydrogen-bond donors (Lipinski definition) is 4. The van der Waals surface area contributed by atoms with E-state index in [-0.39, 0.29) is 44.4 Å². The molecule has 0 bridgehead atoms. The normalized spacial score (nSPS) is 24.7. The van der Waals surface area contributed by atoms with Gasteiger partial charge in [0, 0.05) is 38.5 Å². The number of nitrogens with one attached hydrogen (secondary N) is 3. The summed E-state index contributed by atoms with van der Waals surface area (Å²) in [5, 5.41) is 18.9. The molecule has 0 radical (unpaired) electrons. The molecule has 0 spiro atoms. The Hall–Kier alpha value is -2.93. The van der Waals surface area contributed by atoms with E-state index in [4.69, 9.17) is 25.5 Å². The lowest BCUT2D eigenvalue weighted by Crippen LogP contribution is -2.57. The van der Waals surface area contributed by atoms with Crippen molar-refractivity contribution >= 4 is 43.6 Å². The molecule has 11 nitrogen and oxygen atoms in total. The van der Waals surface area contributed by atoms with Gasteiger partial charge in [-0.05, 0) is 60.7 Å². The van der Waals surface area contributed by atoms with E-state index in [1.165, 1.54) is 13.2 Å². The second kappa shape index (κ2) is 18.9. The third-order valence-corrected chi connectivity index (χ3v) is 14.3. The maximum absolute atomic E-state index is 14.3. The van der Waals surface area contributed by atoms with Crippen molar-refractivity contribution in [3.63, 3.8) is 0 Å². The lowest BCUT2D eigenvalue weighted by atomic mass is 9.86. The predicted octanol–water partition coefficient (Wildman–Crippen LogP) is 4.94. The van der Waals surface area contributed by atoms with E-state index in [1.54, 1.807) is 38.1 Å². The largest absolute Gasteiger partial charge is 0.495 e. The van der Waals surface area contributed by atoms with Crippen LogP contribution >= 0.6 is 11.6 Å². The van der Waals surface area contributed by atoms with Crippen LogP contribution in [0.3, 0.4) is 0 Å². The third kappa shape index (κ3) is 12.7. The fourth-order valence-corrected chi connectivity index (χ4v) is 8.68. The van der Waals surface area contributed by atoms with E-state index in [9.17, 15) is 24.3 Å². The molecule has 4 N–H and O–H groups in total. The Morgan fingerprint density at radius 2 is 1.73 bits per heavy atom. The number of methoxy groups -OCH3 is 1. The number of benzene rings is 1. The number of carbonyl (C=O) groups excluding carboxylic acids is 4. The summed E-state index contributed by atoms with van der Waals surface area (Å²) in [6.45, 7) is 15.3. The standard InChI is InChI=1S/C36H58ClN3O8Si/c1-10-49(11-2,12-3)47-23-36(8)22-38-32(43)27(19-25-16-17-30(46-9)26(37)18-25)39-31(42)15-13-14-29(24(4)21-41)48-33(44)28(40-34(36)45)20-35(5,6)7/h13,15-18,24,27-29,41H,10-12,14,19-23H2,1-9H3,(H,38,43)(H,39,42)(H,40,45)/b15-13-/t24-,27?,28?,29?,36?/m1/s1. The quantitative estimate of drug-likeness (QED) is 0.175. The first kappa shape index (κ1) is 42.2. The van der Waals surface area contributed by atoms with Crippen LogP contribution < -0.4 is 20.7 Å². The maximum atomic E-state index is 14.3. The lowest BCUT2D eigenvalue weighted by Gasteiger charge is -2.37. The number of halogens is 1. The van der Waals surface area contributed by atoms with Crippen LogP contribution in [0.25, 0.3) is 0 Å². The van der Waals surface area contributed by atoms with Crippen LogP contribution in [-0.4, -0.2) is 82.2 Å². The molecule has 5 atom stereocenters. The molecule has 0 saturated carbocycles. The summed E-state index contributed by atoms with van der Waals surface area (Å²) in [5.41, 5.74) is -0.954. The van der Waals surface area contributed by atoms with Crippen molar-refractivity contribution in [3.05, 3.63) is 40.9 Å². The number of hydrogen-bond acceptors (Lipinski definition) is 8. The molecule has 1 aromatic rings. The average molecular weight is 724 g/mol. The maximum Gasteiger partial charge on any atom is 0.328 e. The lowest BCUT2D eigenvalue weighted by molar-refractivity contribution is -0.158. The molecule has 3 amide bonds. The number of ether oxygens (including phenoxy) is 2. The molecular weight excluding hydrogens is 666 g/mol. The molecule has 0 fully saturated rings. The Kier molecular flexibility index (Phi) is 16.3. The Balaban J connectivity index is 2.61. The van der Waals surface area contributed by atoms with Crippen molar-refractivity contribution in [2.24, 2.45) is 16.7 Å². The molecule has 0 saturated heterocycles. The highest BCUT2D eigenvalue weighted by Crippen LogP contribution is 2.29. The van der Waals surface area contributed by atoms with Crippen LogP contribution in [0.5, 0.6) is 5.75 Å². The minimum atomic E-state index is -2.17. The summed E-state index contributed by atoms with van der Waals surface area (Å²) in [7, 11) is -0.663. The van der Waals surface area contributed by atoms with Gasteiger partial charge in [0.25, 0.3) is 0 Å². The molecule has 1 heterocycles. The van der Waals surface area contributed by atoms with Gasteiger partial charge in [-0.2, -0.15) is 0 Å². The van der Waals surface area contributed by atoms with Gasteiger partial charge in [-0.3, -0.25) is 14.4 Å². The van der Waals surface area contributed by atoms with E-state index in [0.717, 1.165) is 18.1 Å². The van der Waals surface area contributed by atoms with Gasteiger partial charge in [0.15, 0.2) is 8.32 Å². The fraction of sp³-hybridized carbons (Fsp3) is 0.667. The molecule has 2 rings (SSSR count). The highest BCUT2D eigenvalue weighted by Gasteiger charge is 2.41. The van der Waals surface area contributed by atoms with Crippen molar-refractivity contribution in [2.75, 3.05) is 26.9 Å². The minimum absolute atomic E-state index is 0.0240. The highest BCUT2D eigenvalue weighted by molar-refractivity contribution is 6.73. The number of rotatable bonds is 12. The SMILES string of the molecule is CC[Si](CC)(CC)OCC1(C)CNC(=O)C(Cc2ccc(OC)c(Cl)c2)NC(=O)/C=C\CC([C@H](C)CO)OC(=O)C(CC(C)(C)C)NC1=O. The van der Waals surface area contributed by atoms with Crippen LogP contribution in [0.1, 0.15) is 73.8 Å². The van der Waals surface area contributed by atoms with E-state index in [2.05, 4.69) is 36.7 Å². The van der Waals surface area contributed by atoms with Gasteiger partial charge < -0.3 is 35.0 Å². The van der Waals surface area contributed by atoms with Gasteiger partial charge >= 0.3 is 5.97 Å². The monoisotopic (exact) mass is 723 g/mol. The summed E-state index contributed by atoms with van der Waals surface area (Å²) in [4.78, 5) is 54.9. The summed E-state index contributed by atoms with van der Waals surface area (Å²) in [6, 6.07) is 5.69. The molecule has 13 heteroatoms. The average Bonchev–Trinajstić information content (AvgIpc) is 3.05. The molecule has 1 aromatic carbocycles. The van der Waals surface area contributed by atoms with Crippen LogP contribution in [0.4, 0.5) is 0 Å². The van der Waals surface area contributed by atoms with Crippen molar-refractivity contribution in [1.29, 1.82) is 0 Å². The zero-order valence-corrected chi connectivity index (χ0v) is 32.5. The molecule has 276 valence electrons.